The summed E-state index contributed by atoms with van der Waals surface area (Å²) in [4.78, 5) is 12.6. The van der Waals surface area contributed by atoms with Crippen LogP contribution in [0.25, 0.3) is 16.8 Å². The van der Waals surface area contributed by atoms with Crippen molar-refractivity contribution in [1.82, 2.24) is 5.32 Å². The SMILES string of the molecule is O=C1NC(=S)SC1=Cc1cc2cc(Br)ccc2cc1OCc1ccccc1. The Labute approximate surface area is 174 Å². The van der Waals surface area contributed by atoms with E-state index in [2.05, 4.69) is 21.2 Å². The van der Waals surface area contributed by atoms with Gasteiger partial charge in [-0.1, -0.05) is 76.3 Å². The third-order valence-corrected chi connectivity index (χ3v) is 5.75. The summed E-state index contributed by atoms with van der Waals surface area (Å²) in [5.74, 6) is 0.556. The molecule has 3 aromatic carbocycles. The highest BCUT2D eigenvalue weighted by Gasteiger charge is 2.22. The van der Waals surface area contributed by atoms with Crippen LogP contribution < -0.4 is 10.1 Å². The van der Waals surface area contributed by atoms with Gasteiger partial charge in [-0.2, -0.15) is 0 Å². The first-order chi connectivity index (χ1) is 13.1. The minimum Gasteiger partial charge on any atom is -0.488 e. The molecule has 1 amide bonds. The molecule has 27 heavy (non-hydrogen) atoms. The molecule has 1 aliphatic rings. The Bertz CT molecular complexity index is 1080. The molecule has 0 aliphatic carbocycles. The number of benzene rings is 3. The van der Waals surface area contributed by atoms with Gasteiger partial charge in [0.15, 0.2) is 0 Å². The van der Waals surface area contributed by atoms with Gasteiger partial charge in [0.05, 0.1) is 4.91 Å². The summed E-state index contributed by atoms with van der Waals surface area (Å²) >= 11 is 9.86. The Kier molecular flexibility index (Phi) is 5.29. The maximum absolute atomic E-state index is 12.1. The minimum absolute atomic E-state index is 0.173. The summed E-state index contributed by atoms with van der Waals surface area (Å²) < 4.78 is 7.58. The highest BCUT2D eigenvalue weighted by molar-refractivity contribution is 9.10. The topological polar surface area (TPSA) is 38.3 Å². The molecule has 1 saturated heterocycles. The van der Waals surface area contributed by atoms with Gasteiger partial charge in [0, 0.05) is 10.0 Å². The van der Waals surface area contributed by atoms with Crippen molar-refractivity contribution in [2.24, 2.45) is 0 Å². The fourth-order valence-electron chi connectivity index (χ4n) is 2.80. The van der Waals surface area contributed by atoms with Crippen molar-refractivity contribution >= 4 is 67.0 Å². The summed E-state index contributed by atoms with van der Waals surface area (Å²) in [6, 6.07) is 20.1. The smallest absolute Gasteiger partial charge is 0.263 e. The van der Waals surface area contributed by atoms with E-state index < -0.39 is 0 Å². The number of fused-ring (bicyclic) bond motifs is 1. The van der Waals surface area contributed by atoms with E-state index in [1.807, 2.05) is 66.7 Å². The number of amides is 1. The van der Waals surface area contributed by atoms with Gasteiger partial charge in [0.1, 0.15) is 16.7 Å². The first-order valence-electron chi connectivity index (χ1n) is 8.23. The Hall–Kier alpha value is -2.15. The summed E-state index contributed by atoms with van der Waals surface area (Å²) in [7, 11) is 0. The molecule has 0 unspecified atom stereocenters. The number of rotatable bonds is 4. The van der Waals surface area contributed by atoms with Gasteiger partial charge >= 0.3 is 0 Å². The summed E-state index contributed by atoms with van der Waals surface area (Å²) in [5.41, 5.74) is 1.93. The number of ether oxygens (including phenoxy) is 1. The lowest BCUT2D eigenvalue weighted by Crippen LogP contribution is -2.17. The lowest BCUT2D eigenvalue weighted by molar-refractivity contribution is -0.115. The van der Waals surface area contributed by atoms with Crippen LogP contribution in [0.1, 0.15) is 11.1 Å². The van der Waals surface area contributed by atoms with Crippen molar-refractivity contribution in [1.29, 1.82) is 0 Å². The van der Waals surface area contributed by atoms with Gasteiger partial charge < -0.3 is 10.1 Å². The van der Waals surface area contributed by atoms with E-state index >= 15 is 0 Å². The molecule has 4 rings (SSSR count). The number of carbonyl (C=O) groups is 1. The molecule has 1 heterocycles. The van der Waals surface area contributed by atoms with E-state index in [0.717, 1.165) is 32.1 Å². The second-order valence-electron chi connectivity index (χ2n) is 6.01. The summed E-state index contributed by atoms with van der Waals surface area (Å²) in [5, 5.41) is 4.79. The monoisotopic (exact) mass is 455 g/mol. The van der Waals surface area contributed by atoms with Crippen molar-refractivity contribution in [2.75, 3.05) is 0 Å². The van der Waals surface area contributed by atoms with Crippen LogP contribution in [-0.2, 0) is 11.4 Å². The van der Waals surface area contributed by atoms with E-state index in [0.29, 0.717) is 15.8 Å². The Morgan fingerprint density at radius 1 is 1.07 bits per heavy atom. The second-order valence-corrected chi connectivity index (χ2v) is 8.64. The first kappa shape index (κ1) is 18.2. The summed E-state index contributed by atoms with van der Waals surface area (Å²) in [6.45, 7) is 0.455. The van der Waals surface area contributed by atoms with Crippen LogP contribution >= 0.6 is 39.9 Å². The normalized spacial score (nSPS) is 15.4. The molecule has 0 radical (unpaired) electrons. The Morgan fingerprint density at radius 3 is 2.63 bits per heavy atom. The highest BCUT2D eigenvalue weighted by Crippen LogP contribution is 2.33. The fraction of sp³-hybridized carbons (Fsp3) is 0.0476. The third kappa shape index (κ3) is 4.24. The average molecular weight is 456 g/mol. The van der Waals surface area contributed by atoms with Crippen LogP contribution in [0.2, 0.25) is 0 Å². The number of hydrogen-bond donors (Lipinski definition) is 1. The number of thioether (sulfide) groups is 1. The molecule has 0 bridgehead atoms. The van der Waals surface area contributed by atoms with Gasteiger partial charge in [0.2, 0.25) is 0 Å². The molecule has 0 aromatic heterocycles. The Morgan fingerprint density at radius 2 is 1.89 bits per heavy atom. The van der Waals surface area contributed by atoms with Crippen molar-refractivity contribution in [2.45, 2.75) is 6.61 Å². The second kappa shape index (κ2) is 7.84. The van der Waals surface area contributed by atoms with Crippen LogP contribution in [0.5, 0.6) is 5.75 Å². The van der Waals surface area contributed by atoms with Gasteiger partial charge in [-0.05, 0) is 46.7 Å². The predicted octanol–water partition coefficient (Wildman–Crippen LogP) is 5.67. The van der Waals surface area contributed by atoms with Crippen LogP contribution in [0, 0.1) is 0 Å². The number of halogens is 1. The summed E-state index contributed by atoms with van der Waals surface area (Å²) in [6.07, 6.45) is 1.83. The maximum atomic E-state index is 12.1. The molecule has 1 N–H and O–H groups in total. The molecule has 1 fully saturated rings. The highest BCUT2D eigenvalue weighted by atomic mass is 79.9. The molecule has 0 saturated carbocycles. The third-order valence-electron chi connectivity index (χ3n) is 4.10. The van der Waals surface area contributed by atoms with E-state index in [1.54, 1.807) is 0 Å². The minimum atomic E-state index is -0.173. The van der Waals surface area contributed by atoms with Crippen molar-refractivity contribution < 1.29 is 9.53 Å². The largest absolute Gasteiger partial charge is 0.488 e. The van der Waals surface area contributed by atoms with E-state index in [-0.39, 0.29) is 5.91 Å². The lowest BCUT2D eigenvalue weighted by Gasteiger charge is -2.12. The van der Waals surface area contributed by atoms with Gasteiger partial charge in [-0.25, -0.2) is 0 Å². The fourth-order valence-corrected chi connectivity index (χ4v) is 4.21. The Balaban J connectivity index is 1.75. The van der Waals surface area contributed by atoms with E-state index in [1.165, 1.54) is 11.8 Å². The van der Waals surface area contributed by atoms with Crippen molar-refractivity contribution in [3.8, 4) is 5.75 Å². The van der Waals surface area contributed by atoms with Crippen molar-refractivity contribution in [3.63, 3.8) is 0 Å². The number of hydrogen-bond acceptors (Lipinski definition) is 4. The molecular weight excluding hydrogens is 442 g/mol. The first-order valence-corrected chi connectivity index (χ1v) is 10.3. The molecular formula is C21H14BrNO2S2. The standard InChI is InChI=1S/C21H14BrNO2S2/c22-17-7-6-14-10-18(25-12-13-4-2-1-3-5-13)16(8-15(14)9-17)11-19-20(24)23-21(26)27-19/h1-11H,12H2,(H,23,24,26). The molecule has 0 spiro atoms. The molecule has 0 atom stereocenters. The predicted molar refractivity (Wildman–Crippen MR) is 119 cm³/mol. The molecule has 1 aliphatic heterocycles. The van der Waals surface area contributed by atoms with E-state index in [9.17, 15) is 4.79 Å². The van der Waals surface area contributed by atoms with Crippen LogP contribution in [0.3, 0.4) is 0 Å². The zero-order valence-corrected chi connectivity index (χ0v) is 17.3. The quantitative estimate of drug-likeness (QED) is 0.406. The lowest BCUT2D eigenvalue weighted by atomic mass is 10.1. The zero-order chi connectivity index (χ0) is 18.8. The van der Waals surface area contributed by atoms with Crippen LogP contribution in [0.4, 0.5) is 0 Å². The van der Waals surface area contributed by atoms with E-state index in [4.69, 9.17) is 17.0 Å². The number of thiocarbonyl (C=S) groups is 1. The maximum Gasteiger partial charge on any atom is 0.263 e. The van der Waals surface area contributed by atoms with Gasteiger partial charge in [0.25, 0.3) is 5.91 Å². The molecule has 6 heteroatoms. The van der Waals surface area contributed by atoms with Crippen molar-refractivity contribution in [3.05, 3.63) is 81.2 Å². The zero-order valence-electron chi connectivity index (χ0n) is 14.1. The van der Waals surface area contributed by atoms with Gasteiger partial charge in [-0.3, -0.25) is 4.79 Å². The molecule has 3 aromatic rings. The molecule has 134 valence electrons. The van der Waals surface area contributed by atoms with Crippen LogP contribution in [-0.4, -0.2) is 10.2 Å². The van der Waals surface area contributed by atoms with Crippen LogP contribution in [0.15, 0.2) is 70.0 Å². The number of nitrogens with one attached hydrogen (secondary N) is 1. The number of carbonyl (C=O) groups excluding carboxylic acids is 1. The average Bonchev–Trinajstić information content (AvgIpc) is 2.98. The molecule has 3 nitrogen and oxygen atoms in total. The van der Waals surface area contributed by atoms with Gasteiger partial charge in [-0.15, -0.1) is 0 Å².